The van der Waals surface area contributed by atoms with Crippen molar-refractivity contribution in [3.63, 3.8) is 0 Å². The van der Waals surface area contributed by atoms with Gasteiger partial charge in [0.2, 0.25) is 0 Å². The number of nitrogens with zero attached hydrogens (tertiary/aromatic N) is 1. The molecule has 4 rings (SSSR count). The van der Waals surface area contributed by atoms with Crippen LogP contribution in [0.3, 0.4) is 0 Å². The van der Waals surface area contributed by atoms with Gasteiger partial charge in [-0.1, -0.05) is 50.3 Å². The van der Waals surface area contributed by atoms with E-state index in [0.29, 0.717) is 22.1 Å². The lowest BCUT2D eigenvalue weighted by Crippen LogP contribution is -2.34. The van der Waals surface area contributed by atoms with E-state index in [1.165, 1.54) is 7.05 Å². The fourth-order valence-corrected chi connectivity index (χ4v) is 2.89. The quantitative estimate of drug-likeness (QED) is 0.468. The van der Waals surface area contributed by atoms with Crippen molar-refractivity contribution in [3.8, 4) is 5.75 Å². The van der Waals surface area contributed by atoms with E-state index in [-0.39, 0.29) is 5.58 Å². The first-order valence-electron chi connectivity index (χ1n) is 8.15. The van der Waals surface area contributed by atoms with Crippen LogP contribution in [0.25, 0.3) is 27.8 Å². The molecule has 0 aliphatic carbocycles. The highest BCUT2D eigenvalue weighted by Gasteiger charge is 2.27. The molecule has 1 aliphatic rings. The second kappa shape index (κ2) is 5.95. The zero-order valence-electron chi connectivity index (χ0n) is 14.6. The molecule has 126 valence electrons. The van der Waals surface area contributed by atoms with Crippen LogP contribution < -0.4 is 16.1 Å². The van der Waals surface area contributed by atoms with E-state index in [9.17, 15) is 9.59 Å². The molecule has 0 spiro atoms. The molecule has 0 bridgehead atoms. The average Bonchev–Trinajstić information content (AvgIpc) is 2.61. The molecule has 1 aromatic heterocycles. The predicted octanol–water partition coefficient (Wildman–Crippen LogP) is 2.96. The Bertz CT molecular complexity index is 1120. The van der Waals surface area contributed by atoms with Crippen molar-refractivity contribution in [2.24, 2.45) is 7.05 Å². The standard InChI is InChI=1S/C17H12BNO4.C2H6/c1-17(18)8-7-11-12-14(22-16(21)19(2)15(12)20)10-6-4-3-5-9(10)13(11)23-17;1-2/h3-8H,1-2H3;1-2H3. The van der Waals surface area contributed by atoms with Crippen molar-refractivity contribution in [3.05, 3.63) is 56.8 Å². The van der Waals surface area contributed by atoms with Gasteiger partial charge in [0.25, 0.3) is 5.56 Å². The van der Waals surface area contributed by atoms with Gasteiger partial charge in [-0.15, -0.1) is 0 Å². The molecule has 25 heavy (non-hydrogen) atoms. The zero-order valence-corrected chi connectivity index (χ0v) is 14.6. The van der Waals surface area contributed by atoms with E-state index >= 15 is 0 Å². The molecule has 6 heteroatoms. The van der Waals surface area contributed by atoms with Crippen LogP contribution in [0.2, 0.25) is 0 Å². The Morgan fingerprint density at radius 2 is 1.76 bits per heavy atom. The Labute approximate surface area is 145 Å². The van der Waals surface area contributed by atoms with E-state index < -0.39 is 16.8 Å². The number of fused-ring (bicyclic) bond motifs is 6. The second-order valence-corrected chi connectivity index (χ2v) is 5.84. The molecule has 0 fully saturated rings. The molecule has 2 aromatic carbocycles. The van der Waals surface area contributed by atoms with E-state index in [1.54, 1.807) is 25.1 Å². The summed E-state index contributed by atoms with van der Waals surface area (Å²) >= 11 is 0. The third kappa shape index (κ3) is 2.58. The Kier molecular flexibility index (Phi) is 4.07. The Morgan fingerprint density at radius 1 is 1.12 bits per heavy atom. The van der Waals surface area contributed by atoms with Crippen LogP contribution >= 0.6 is 0 Å². The van der Waals surface area contributed by atoms with Crippen molar-refractivity contribution >= 4 is 35.7 Å². The number of benzene rings is 2. The van der Waals surface area contributed by atoms with Gasteiger partial charge in [0.1, 0.15) is 13.6 Å². The lowest BCUT2D eigenvalue weighted by Gasteiger charge is -2.30. The van der Waals surface area contributed by atoms with Gasteiger partial charge in [-0.2, -0.15) is 0 Å². The summed E-state index contributed by atoms with van der Waals surface area (Å²) in [6.07, 6.45) is 3.42. The Balaban J connectivity index is 0.000000880. The third-order valence-electron chi connectivity index (χ3n) is 4.04. The molecule has 0 amide bonds. The van der Waals surface area contributed by atoms with Crippen molar-refractivity contribution in [2.75, 3.05) is 0 Å². The number of rotatable bonds is 0. The zero-order chi connectivity index (χ0) is 18.4. The number of aromatic nitrogens is 1. The molecule has 2 radical (unpaired) electrons. The molecule has 0 N–H and O–H groups in total. The SMILES string of the molecule is CC.[B]C1(C)C=Cc2c(c3ccccc3c3oc(=O)n(C)c(=O)c23)O1. The summed E-state index contributed by atoms with van der Waals surface area (Å²) in [4.78, 5) is 24.5. The largest absolute Gasteiger partial charge is 0.492 e. The number of hydrogen-bond donors (Lipinski definition) is 0. The highest BCUT2D eigenvalue weighted by atomic mass is 16.5. The van der Waals surface area contributed by atoms with E-state index in [2.05, 4.69) is 0 Å². The fourth-order valence-electron chi connectivity index (χ4n) is 2.89. The van der Waals surface area contributed by atoms with Gasteiger partial charge in [0.15, 0.2) is 5.58 Å². The van der Waals surface area contributed by atoms with Crippen molar-refractivity contribution < 1.29 is 9.15 Å². The average molecular weight is 335 g/mol. The van der Waals surface area contributed by atoms with Gasteiger partial charge >= 0.3 is 5.76 Å². The maximum Gasteiger partial charge on any atom is 0.422 e. The van der Waals surface area contributed by atoms with E-state index in [1.807, 2.05) is 32.0 Å². The Hall–Kier alpha value is -2.76. The second-order valence-electron chi connectivity index (χ2n) is 5.84. The normalized spacial score (nSPS) is 18.4. The van der Waals surface area contributed by atoms with Crippen molar-refractivity contribution in [1.29, 1.82) is 0 Å². The van der Waals surface area contributed by atoms with Crippen LogP contribution in [-0.2, 0) is 7.05 Å². The van der Waals surface area contributed by atoms with Crippen LogP contribution in [0, 0.1) is 0 Å². The maximum absolute atomic E-state index is 12.6. The van der Waals surface area contributed by atoms with Gasteiger partial charge in [0.05, 0.1) is 10.9 Å². The summed E-state index contributed by atoms with van der Waals surface area (Å²) in [7, 11) is 7.44. The topological polar surface area (TPSA) is 61.4 Å². The minimum Gasteiger partial charge on any atom is -0.492 e. The monoisotopic (exact) mass is 335 g/mol. The van der Waals surface area contributed by atoms with Crippen LogP contribution in [0.15, 0.2) is 44.3 Å². The molecular formula is C19H18BNO4. The van der Waals surface area contributed by atoms with Crippen LogP contribution in [-0.4, -0.2) is 17.9 Å². The van der Waals surface area contributed by atoms with Crippen molar-refractivity contribution in [2.45, 2.75) is 26.3 Å². The summed E-state index contributed by atoms with van der Waals surface area (Å²) in [6, 6.07) is 7.30. The number of ether oxygens (including phenoxy) is 1. The lowest BCUT2D eigenvalue weighted by atomic mass is 9.80. The minimum atomic E-state index is -0.968. The summed E-state index contributed by atoms with van der Waals surface area (Å²) in [5.74, 6) is -0.177. The highest BCUT2D eigenvalue weighted by molar-refractivity contribution is 6.18. The first-order valence-corrected chi connectivity index (χ1v) is 8.15. The third-order valence-corrected chi connectivity index (χ3v) is 4.04. The minimum absolute atomic E-state index is 0.265. The van der Waals surface area contributed by atoms with Gasteiger partial charge in [-0.3, -0.25) is 4.79 Å². The predicted molar refractivity (Wildman–Crippen MR) is 100 cm³/mol. The number of hydrogen-bond acceptors (Lipinski definition) is 4. The van der Waals surface area contributed by atoms with Crippen LogP contribution in [0.4, 0.5) is 0 Å². The first-order chi connectivity index (χ1) is 11.9. The Morgan fingerprint density at radius 3 is 2.44 bits per heavy atom. The molecule has 5 nitrogen and oxygen atoms in total. The summed E-state index contributed by atoms with van der Waals surface area (Å²) in [5.41, 5.74) is -0.552. The molecule has 0 saturated heterocycles. The fraction of sp³-hybridized carbons (Fsp3) is 0.263. The first kappa shape index (κ1) is 17.1. The maximum atomic E-state index is 12.6. The van der Waals surface area contributed by atoms with Gasteiger partial charge in [-0.25, -0.2) is 9.36 Å². The molecule has 1 aliphatic heterocycles. The molecular weight excluding hydrogens is 317 g/mol. The molecule has 0 saturated carbocycles. The molecule has 1 atom stereocenters. The van der Waals surface area contributed by atoms with E-state index in [0.717, 1.165) is 9.95 Å². The summed E-state index contributed by atoms with van der Waals surface area (Å²) in [6.45, 7) is 5.73. The van der Waals surface area contributed by atoms with Gasteiger partial charge < -0.3 is 9.15 Å². The van der Waals surface area contributed by atoms with E-state index in [4.69, 9.17) is 17.0 Å². The summed E-state index contributed by atoms with van der Waals surface area (Å²) in [5, 5.41) is 1.70. The molecule has 3 aromatic rings. The summed E-state index contributed by atoms with van der Waals surface area (Å²) < 4.78 is 12.2. The lowest BCUT2D eigenvalue weighted by molar-refractivity contribution is 0.227. The van der Waals surface area contributed by atoms with Crippen LogP contribution in [0.1, 0.15) is 26.3 Å². The smallest absolute Gasteiger partial charge is 0.422 e. The molecule has 2 heterocycles. The van der Waals surface area contributed by atoms with Gasteiger partial charge in [0, 0.05) is 23.4 Å². The van der Waals surface area contributed by atoms with Crippen molar-refractivity contribution in [1.82, 2.24) is 4.57 Å². The highest BCUT2D eigenvalue weighted by Crippen LogP contribution is 2.41. The molecule has 1 unspecified atom stereocenters. The van der Waals surface area contributed by atoms with Crippen LogP contribution in [0.5, 0.6) is 5.75 Å². The van der Waals surface area contributed by atoms with Gasteiger partial charge in [-0.05, 0) is 6.92 Å².